The van der Waals surface area contributed by atoms with Crippen LogP contribution < -0.4 is 4.74 Å². The first-order valence-electron chi connectivity index (χ1n) is 10.1. The summed E-state index contributed by atoms with van der Waals surface area (Å²) >= 11 is 0. The van der Waals surface area contributed by atoms with Crippen LogP contribution in [0.15, 0.2) is 66.7 Å². The van der Waals surface area contributed by atoms with Gasteiger partial charge in [0.1, 0.15) is 5.75 Å². The zero-order valence-corrected chi connectivity index (χ0v) is 16.9. The van der Waals surface area contributed by atoms with Gasteiger partial charge in [0, 0.05) is 23.0 Å². The van der Waals surface area contributed by atoms with E-state index in [-0.39, 0.29) is 12.6 Å². The molecule has 3 aromatic carbocycles. The molecule has 1 heterocycles. The number of aromatic nitrogens is 1. The van der Waals surface area contributed by atoms with Gasteiger partial charge < -0.3 is 14.0 Å². The van der Waals surface area contributed by atoms with Crippen molar-refractivity contribution in [3.8, 4) is 5.75 Å². The highest BCUT2D eigenvalue weighted by Gasteiger charge is 2.17. The minimum atomic E-state index is -0.354. The second-order valence-electron chi connectivity index (χ2n) is 7.01. The molecule has 0 amide bonds. The van der Waals surface area contributed by atoms with Crippen molar-refractivity contribution in [2.45, 2.75) is 26.8 Å². The molecule has 0 atom stereocenters. The first-order valence-corrected chi connectivity index (χ1v) is 10.1. The number of benzene rings is 3. The fraction of sp³-hybridized carbons (Fsp3) is 0.240. The Bertz CT molecular complexity index is 1150. The third-order valence-corrected chi connectivity index (χ3v) is 5.15. The van der Waals surface area contributed by atoms with Crippen LogP contribution in [0.25, 0.3) is 21.7 Å². The minimum Gasteiger partial charge on any atom is -0.481 e. The number of ether oxygens (including phenoxy) is 2. The highest BCUT2D eigenvalue weighted by molar-refractivity contribution is 6.05. The SMILES string of the molecule is CCOC(=O)COc1c2ccccc2cc2c1cc(CC)n2Cc1ccccc1. The molecule has 148 valence electrons. The molecular formula is C25H25NO3. The van der Waals surface area contributed by atoms with Crippen molar-refractivity contribution in [1.29, 1.82) is 0 Å². The van der Waals surface area contributed by atoms with E-state index in [0.717, 1.165) is 40.4 Å². The van der Waals surface area contributed by atoms with E-state index in [9.17, 15) is 4.79 Å². The number of hydrogen-bond acceptors (Lipinski definition) is 3. The van der Waals surface area contributed by atoms with Crippen LogP contribution in [-0.2, 0) is 22.5 Å². The molecule has 0 bridgehead atoms. The predicted octanol–water partition coefficient (Wildman–Crippen LogP) is 5.35. The molecule has 1 aromatic heterocycles. The molecule has 0 aliphatic carbocycles. The van der Waals surface area contributed by atoms with Crippen molar-refractivity contribution in [3.63, 3.8) is 0 Å². The van der Waals surface area contributed by atoms with Crippen molar-refractivity contribution >= 4 is 27.6 Å². The summed E-state index contributed by atoms with van der Waals surface area (Å²) in [7, 11) is 0. The maximum atomic E-state index is 11.9. The molecule has 0 N–H and O–H groups in total. The van der Waals surface area contributed by atoms with Gasteiger partial charge in [-0.1, -0.05) is 61.5 Å². The average Bonchev–Trinajstić information content (AvgIpc) is 3.09. The van der Waals surface area contributed by atoms with Crippen LogP contribution in [0.5, 0.6) is 5.75 Å². The van der Waals surface area contributed by atoms with Crippen molar-refractivity contribution < 1.29 is 14.3 Å². The average molecular weight is 387 g/mol. The number of esters is 1. The fourth-order valence-electron chi connectivity index (χ4n) is 3.81. The first-order chi connectivity index (χ1) is 14.2. The lowest BCUT2D eigenvalue weighted by Crippen LogP contribution is -2.14. The Morgan fingerprint density at radius 2 is 1.69 bits per heavy atom. The maximum absolute atomic E-state index is 11.9. The Balaban J connectivity index is 1.86. The number of carbonyl (C=O) groups is 1. The zero-order chi connectivity index (χ0) is 20.2. The van der Waals surface area contributed by atoms with Crippen LogP contribution in [0.2, 0.25) is 0 Å². The molecule has 4 nitrogen and oxygen atoms in total. The molecule has 0 radical (unpaired) electrons. The molecule has 4 rings (SSSR count). The summed E-state index contributed by atoms with van der Waals surface area (Å²) in [6.07, 6.45) is 0.912. The van der Waals surface area contributed by atoms with E-state index in [1.807, 2.05) is 24.3 Å². The number of nitrogens with zero attached hydrogens (tertiary/aromatic N) is 1. The molecule has 29 heavy (non-hydrogen) atoms. The van der Waals surface area contributed by atoms with Crippen LogP contribution >= 0.6 is 0 Å². The van der Waals surface area contributed by atoms with E-state index >= 15 is 0 Å². The van der Waals surface area contributed by atoms with Gasteiger partial charge in [-0.05, 0) is 36.4 Å². The van der Waals surface area contributed by atoms with Crippen LogP contribution in [0.4, 0.5) is 0 Å². The van der Waals surface area contributed by atoms with Crippen LogP contribution in [-0.4, -0.2) is 23.8 Å². The molecular weight excluding hydrogens is 362 g/mol. The lowest BCUT2D eigenvalue weighted by molar-refractivity contribution is -0.145. The molecule has 0 aliphatic heterocycles. The monoisotopic (exact) mass is 387 g/mol. The standard InChI is InChI=1S/C25H25NO3/c1-3-20-15-22-23(26(20)16-18-10-6-5-7-11-18)14-19-12-8-9-13-21(19)25(22)29-17-24(27)28-4-2/h5-15H,3-4,16-17H2,1-2H3. The Morgan fingerprint density at radius 1 is 0.931 bits per heavy atom. The van der Waals surface area contributed by atoms with Gasteiger partial charge in [0.05, 0.1) is 12.1 Å². The normalized spacial score (nSPS) is 11.1. The Morgan fingerprint density at radius 3 is 2.45 bits per heavy atom. The molecule has 0 saturated heterocycles. The number of aryl methyl sites for hydroxylation is 1. The van der Waals surface area contributed by atoms with E-state index in [1.54, 1.807) is 6.92 Å². The molecule has 0 unspecified atom stereocenters. The van der Waals surface area contributed by atoms with Gasteiger partial charge in [-0.2, -0.15) is 0 Å². The van der Waals surface area contributed by atoms with Crippen LogP contribution in [0.1, 0.15) is 25.1 Å². The highest BCUT2D eigenvalue weighted by Crippen LogP contribution is 2.37. The van der Waals surface area contributed by atoms with E-state index < -0.39 is 0 Å². The quantitative estimate of drug-likeness (QED) is 0.402. The van der Waals surface area contributed by atoms with E-state index in [4.69, 9.17) is 9.47 Å². The number of fused-ring (bicyclic) bond motifs is 2. The van der Waals surface area contributed by atoms with Gasteiger partial charge in [-0.25, -0.2) is 4.79 Å². The topological polar surface area (TPSA) is 40.5 Å². The van der Waals surface area contributed by atoms with Crippen molar-refractivity contribution in [2.24, 2.45) is 0 Å². The Hall–Kier alpha value is -3.27. The van der Waals surface area contributed by atoms with Crippen molar-refractivity contribution in [3.05, 3.63) is 78.0 Å². The Kier molecular flexibility index (Phi) is 5.52. The van der Waals surface area contributed by atoms with E-state index in [2.05, 4.69) is 54.0 Å². The van der Waals surface area contributed by atoms with Crippen LogP contribution in [0.3, 0.4) is 0 Å². The third-order valence-electron chi connectivity index (χ3n) is 5.15. The summed E-state index contributed by atoms with van der Waals surface area (Å²) in [5.74, 6) is 0.390. The fourth-order valence-corrected chi connectivity index (χ4v) is 3.81. The molecule has 0 spiro atoms. The zero-order valence-electron chi connectivity index (χ0n) is 16.9. The minimum absolute atomic E-state index is 0.0950. The molecule has 0 aliphatic rings. The van der Waals surface area contributed by atoms with Gasteiger partial charge in [0.25, 0.3) is 0 Å². The molecule has 0 fully saturated rings. The predicted molar refractivity (Wildman–Crippen MR) is 116 cm³/mol. The van der Waals surface area contributed by atoms with Gasteiger partial charge in [0.15, 0.2) is 6.61 Å². The largest absolute Gasteiger partial charge is 0.481 e. The van der Waals surface area contributed by atoms with Gasteiger partial charge in [-0.15, -0.1) is 0 Å². The summed E-state index contributed by atoms with van der Waals surface area (Å²) < 4.78 is 13.4. The number of rotatable bonds is 7. The lowest BCUT2D eigenvalue weighted by atomic mass is 10.1. The molecule has 0 saturated carbocycles. The summed E-state index contributed by atoms with van der Waals surface area (Å²) in [4.78, 5) is 11.9. The first kappa shape index (κ1) is 19.1. The van der Waals surface area contributed by atoms with Gasteiger partial charge in [-0.3, -0.25) is 0 Å². The molecule has 4 heteroatoms. The third kappa shape index (κ3) is 3.83. The maximum Gasteiger partial charge on any atom is 0.344 e. The van der Waals surface area contributed by atoms with E-state index in [1.165, 1.54) is 11.3 Å². The smallest absolute Gasteiger partial charge is 0.344 e. The Labute approximate surface area is 170 Å². The van der Waals surface area contributed by atoms with Gasteiger partial charge in [0.2, 0.25) is 0 Å². The second kappa shape index (κ2) is 8.39. The summed E-state index contributed by atoms with van der Waals surface area (Å²) in [6.45, 7) is 5.01. The summed E-state index contributed by atoms with van der Waals surface area (Å²) in [6, 6.07) is 23.0. The van der Waals surface area contributed by atoms with Crippen LogP contribution in [0, 0.1) is 0 Å². The van der Waals surface area contributed by atoms with E-state index in [0.29, 0.717) is 6.61 Å². The van der Waals surface area contributed by atoms with Crippen molar-refractivity contribution in [1.82, 2.24) is 4.57 Å². The summed E-state index contributed by atoms with van der Waals surface area (Å²) in [5.41, 5.74) is 3.60. The second-order valence-corrected chi connectivity index (χ2v) is 7.01. The van der Waals surface area contributed by atoms with Gasteiger partial charge >= 0.3 is 5.97 Å². The number of hydrogen-bond donors (Lipinski definition) is 0. The lowest BCUT2D eigenvalue weighted by Gasteiger charge is -2.13. The molecule has 4 aromatic rings. The summed E-state index contributed by atoms with van der Waals surface area (Å²) in [5, 5.41) is 3.12. The number of carbonyl (C=O) groups excluding carboxylic acids is 1. The highest BCUT2D eigenvalue weighted by atomic mass is 16.6. The van der Waals surface area contributed by atoms with Crippen molar-refractivity contribution in [2.75, 3.05) is 13.2 Å².